The van der Waals surface area contributed by atoms with E-state index >= 15 is 0 Å². The number of halogens is 2. The van der Waals surface area contributed by atoms with Gasteiger partial charge < -0.3 is 4.57 Å². The molecule has 4 heteroatoms. The summed E-state index contributed by atoms with van der Waals surface area (Å²) in [5.74, 6) is 1.72. The molecule has 0 radical (unpaired) electrons. The van der Waals surface area contributed by atoms with Crippen LogP contribution in [0.1, 0.15) is 38.6 Å². The van der Waals surface area contributed by atoms with Gasteiger partial charge in [-0.1, -0.05) is 29.8 Å². The van der Waals surface area contributed by atoms with Gasteiger partial charge in [0, 0.05) is 22.8 Å². The summed E-state index contributed by atoms with van der Waals surface area (Å²) >= 11 is 9.44. The molecule has 0 spiro atoms. The van der Waals surface area contributed by atoms with E-state index in [9.17, 15) is 0 Å². The predicted octanol–water partition coefficient (Wildman–Crippen LogP) is 4.94. The normalized spacial score (nSPS) is 11.6. The Balaban J connectivity index is 2.63. The van der Waals surface area contributed by atoms with Gasteiger partial charge in [-0.2, -0.15) is 0 Å². The molecule has 1 aromatic heterocycles. The molecular formula is C14H18BrClN2. The summed E-state index contributed by atoms with van der Waals surface area (Å²) in [6.45, 7) is 4.45. The number of benzene rings is 1. The van der Waals surface area contributed by atoms with Crippen LogP contribution in [-0.2, 0) is 6.42 Å². The van der Waals surface area contributed by atoms with Crippen LogP contribution in [0.15, 0.2) is 22.7 Å². The second-order valence-electron chi connectivity index (χ2n) is 4.44. The number of hydrogen-bond donors (Lipinski definition) is 0. The third kappa shape index (κ3) is 2.57. The van der Waals surface area contributed by atoms with Crippen molar-refractivity contribution in [1.29, 1.82) is 0 Å². The number of fused-ring (bicyclic) bond motifs is 1. The summed E-state index contributed by atoms with van der Waals surface area (Å²) in [7, 11) is 0. The molecule has 2 nitrogen and oxygen atoms in total. The van der Waals surface area contributed by atoms with Crippen LogP contribution in [0.2, 0.25) is 0 Å². The quantitative estimate of drug-likeness (QED) is 0.710. The standard InChI is InChI=1S/C14H18BrClN2/c1-3-11(4-2)18-13-9-10(15)5-6-12(13)17-14(18)7-8-16/h5-6,9,11H,3-4,7-8H2,1-2H3. The molecule has 0 saturated heterocycles. The molecule has 0 aliphatic carbocycles. The zero-order valence-corrected chi connectivity index (χ0v) is 13.1. The maximum atomic E-state index is 5.90. The fourth-order valence-electron chi connectivity index (χ4n) is 2.44. The first kappa shape index (κ1) is 13.9. The fourth-order valence-corrected chi connectivity index (χ4v) is 2.96. The van der Waals surface area contributed by atoms with Crippen molar-refractivity contribution in [1.82, 2.24) is 9.55 Å². The molecule has 0 atom stereocenters. The van der Waals surface area contributed by atoms with Gasteiger partial charge in [0.05, 0.1) is 11.0 Å². The molecule has 0 aliphatic rings. The molecule has 0 aliphatic heterocycles. The van der Waals surface area contributed by atoms with Crippen molar-refractivity contribution >= 4 is 38.6 Å². The molecule has 0 amide bonds. The lowest BCUT2D eigenvalue weighted by molar-refractivity contribution is 0.468. The van der Waals surface area contributed by atoms with Gasteiger partial charge in [0.25, 0.3) is 0 Å². The van der Waals surface area contributed by atoms with E-state index in [4.69, 9.17) is 16.6 Å². The van der Waals surface area contributed by atoms with Gasteiger partial charge in [0.2, 0.25) is 0 Å². The van der Waals surface area contributed by atoms with Crippen LogP contribution < -0.4 is 0 Å². The smallest absolute Gasteiger partial charge is 0.111 e. The van der Waals surface area contributed by atoms with Crippen molar-refractivity contribution in [3.63, 3.8) is 0 Å². The van der Waals surface area contributed by atoms with Crippen molar-refractivity contribution in [3.05, 3.63) is 28.5 Å². The van der Waals surface area contributed by atoms with Crippen LogP contribution >= 0.6 is 27.5 Å². The number of nitrogens with zero attached hydrogens (tertiary/aromatic N) is 2. The van der Waals surface area contributed by atoms with Gasteiger partial charge in [0.15, 0.2) is 0 Å². The van der Waals surface area contributed by atoms with E-state index in [0.717, 1.165) is 35.1 Å². The minimum absolute atomic E-state index is 0.502. The summed E-state index contributed by atoms with van der Waals surface area (Å²) in [5.41, 5.74) is 2.27. The van der Waals surface area contributed by atoms with Crippen molar-refractivity contribution in [2.75, 3.05) is 5.88 Å². The summed E-state index contributed by atoms with van der Waals surface area (Å²) < 4.78 is 3.46. The zero-order chi connectivity index (χ0) is 13.1. The van der Waals surface area contributed by atoms with Crippen LogP contribution in [0.4, 0.5) is 0 Å². The molecule has 18 heavy (non-hydrogen) atoms. The number of imidazole rings is 1. The average molecular weight is 330 g/mol. The molecule has 0 fully saturated rings. The monoisotopic (exact) mass is 328 g/mol. The second kappa shape index (κ2) is 6.07. The molecule has 0 N–H and O–H groups in total. The van der Waals surface area contributed by atoms with Crippen LogP contribution in [0.3, 0.4) is 0 Å². The van der Waals surface area contributed by atoms with Crippen LogP contribution in [-0.4, -0.2) is 15.4 Å². The number of rotatable bonds is 5. The first-order chi connectivity index (χ1) is 8.71. The highest BCUT2D eigenvalue weighted by Crippen LogP contribution is 2.28. The summed E-state index contributed by atoms with van der Waals surface area (Å²) in [5, 5.41) is 0. The lowest BCUT2D eigenvalue weighted by atomic mass is 10.1. The highest BCUT2D eigenvalue weighted by atomic mass is 79.9. The minimum Gasteiger partial charge on any atom is -0.325 e. The average Bonchev–Trinajstić information content (AvgIpc) is 2.70. The van der Waals surface area contributed by atoms with Gasteiger partial charge >= 0.3 is 0 Å². The Morgan fingerprint density at radius 1 is 1.33 bits per heavy atom. The van der Waals surface area contributed by atoms with Gasteiger partial charge in [-0.05, 0) is 31.0 Å². The molecule has 1 aromatic carbocycles. The van der Waals surface area contributed by atoms with Crippen LogP contribution in [0.5, 0.6) is 0 Å². The SMILES string of the molecule is CCC(CC)n1c(CCCl)nc2ccc(Br)cc21. The predicted molar refractivity (Wildman–Crippen MR) is 81.5 cm³/mol. The summed E-state index contributed by atoms with van der Waals surface area (Å²) in [6.07, 6.45) is 3.05. The zero-order valence-electron chi connectivity index (χ0n) is 10.8. The van der Waals surface area contributed by atoms with Crippen molar-refractivity contribution in [2.24, 2.45) is 0 Å². The third-order valence-electron chi connectivity index (χ3n) is 3.35. The Labute approximate surface area is 121 Å². The Morgan fingerprint density at radius 3 is 2.67 bits per heavy atom. The van der Waals surface area contributed by atoms with Crippen LogP contribution in [0.25, 0.3) is 11.0 Å². The van der Waals surface area contributed by atoms with Crippen molar-refractivity contribution in [2.45, 2.75) is 39.2 Å². The highest BCUT2D eigenvalue weighted by molar-refractivity contribution is 9.10. The number of alkyl halides is 1. The van der Waals surface area contributed by atoms with E-state index in [1.165, 1.54) is 5.52 Å². The maximum Gasteiger partial charge on any atom is 0.111 e. The maximum absolute atomic E-state index is 5.90. The van der Waals surface area contributed by atoms with Gasteiger partial charge in [-0.25, -0.2) is 4.98 Å². The summed E-state index contributed by atoms with van der Waals surface area (Å²) in [6, 6.07) is 6.76. The van der Waals surface area contributed by atoms with E-state index in [1.807, 2.05) is 6.07 Å². The van der Waals surface area contributed by atoms with E-state index in [0.29, 0.717) is 11.9 Å². The molecule has 1 heterocycles. The lowest BCUT2D eigenvalue weighted by Crippen LogP contribution is -2.11. The highest BCUT2D eigenvalue weighted by Gasteiger charge is 2.16. The Kier molecular flexibility index (Phi) is 4.68. The molecule has 0 unspecified atom stereocenters. The Morgan fingerprint density at radius 2 is 2.06 bits per heavy atom. The number of hydrogen-bond acceptors (Lipinski definition) is 1. The molecule has 2 aromatic rings. The summed E-state index contributed by atoms with van der Waals surface area (Å²) in [4.78, 5) is 4.72. The molecule has 0 bridgehead atoms. The van der Waals surface area contributed by atoms with E-state index in [-0.39, 0.29) is 0 Å². The molecule has 0 saturated carbocycles. The fraction of sp³-hybridized carbons (Fsp3) is 0.500. The molecule has 98 valence electrons. The third-order valence-corrected chi connectivity index (χ3v) is 4.03. The van der Waals surface area contributed by atoms with E-state index < -0.39 is 0 Å². The minimum atomic E-state index is 0.502. The Bertz CT molecular complexity index is 532. The first-order valence-electron chi connectivity index (χ1n) is 6.43. The van der Waals surface area contributed by atoms with Crippen LogP contribution in [0, 0.1) is 0 Å². The van der Waals surface area contributed by atoms with Gasteiger partial charge in [-0.3, -0.25) is 0 Å². The largest absolute Gasteiger partial charge is 0.325 e. The van der Waals surface area contributed by atoms with Gasteiger partial charge in [-0.15, -0.1) is 11.6 Å². The van der Waals surface area contributed by atoms with Gasteiger partial charge in [0.1, 0.15) is 5.82 Å². The molecular weight excluding hydrogens is 312 g/mol. The van der Waals surface area contributed by atoms with E-state index in [2.05, 4.69) is 46.5 Å². The topological polar surface area (TPSA) is 17.8 Å². The van der Waals surface area contributed by atoms with E-state index in [1.54, 1.807) is 0 Å². The Hall–Kier alpha value is -0.540. The number of aryl methyl sites for hydroxylation is 1. The van der Waals surface area contributed by atoms with Crippen molar-refractivity contribution < 1.29 is 0 Å². The first-order valence-corrected chi connectivity index (χ1v) is 7.76. The molecule has 2 rings (SSSR count). The lowest BCUT2D eigenvalue weighted by Gasteiger charge is -2.18. The van der Waals surface area contributed by atoms with Crippen molar-refractivity contribution in [3.8, 4) is 0 Å². The number of aromatic nitrogens is 2. The second-order valence-corrected chi connectivity index (χ2v) is 5.73.